The molecular weight excluding hydrogens is 132 g/mol. The van der Waals surface area contributed by atoms with Crippen LogP contribution in [-0.2, 0) is 0 Å². The number of nitrogen functional groups attached to an aromatic ring is 1. The predicted molar refractivity (Wildman–Crippen MR) is 38.2 cm³/mol. The zero-order chi connectivity index (χ0) is 6.85. The first-order valence-corrected chi connectivity index (χ1v) is 2.30. The van der Waals surface area contributed by atoms with Crippen LogP contribution in [0, 0.1) is 0 Å². The Morgan fingerprint density at radius 2 is 2.30 bits per heavy atom. The van der Waals surface area contributed by atoms with E-state index in [9.17, 15) is 4.79 Å². The Bertz CT molecular complexity index is 229. The van der Waals surface area contributed by atoms with E-state index in [4.69, 9.17) is 11.5 Å². The van der Waals surface area contributed by atoms with Crippen molar-refractivity contribution in [2.75, 3.05) is 5.73 Å². The number of nitrogens with one attached hydrogen (secondary N) is 1. The van der Waals surface area contributed by atoms with E-state index >= 15 is 0 Å². The highest BCUT2D eigenvalue weighted by Gasteiger charge is 2.05. The molecule has 5 N–H and O–H groups in total. The second kappa shape index (κ2) is 2.86. The number of aromatic amines is 1. The van der Waals surface area contributed by atoms with Gasteiger partial charge in [0, 0.05) is 0 Å². The molecule has 5 heteroatoms. The summed E-state index contributed by atoms with van der Waals surface area (Å²) in [6, 6.07) is 0. The first-order chi connectivity index (χ1) is 4.22. The average molecular weight is 142 g/mol. The van der Waals surface area contributed by atoms with Crippen molar-refractivity contribution >= 4 is 11.7 Å². The van der Waals surface area contributed by atoms with Crippen molar-refractivity contribution in [3.63, 3.8) is 0 Å². The lowest BCUT2D eigenvalue weighted by Crippen LogP contribution is -2.11. The summed E-state index contributed by atoms with van der Waals surface area (Å²) in [7, 11) is 0. The summed E-state index contributed by atoms with van der Waals surface area (Å²) in [5.74, 6) is -0.358. The van der Waals surface area contributed by atoms with Crippen molar-refractivity contribution in [2.24, 2.45) is 5.73 Å². The van der Waals surface area contributed by atoms with E-state index in [-0.39, 0.29) is 18.8 Å². The molecule has 0 radical (unpaired) electrons. The standard InChI is InChI=1S/C4H6N4O.CH4/c5-3-2(4(6)9)1-7-8-3;/h1H,(H2,6,9)(H3,5,7,8);1H4. The van der Waals surface area contributed by atoms with E-state index in [1.54, 1.807) is 0 Å². The number of rotatable bonds is 1. The quantitative estimate of drug-likeness (QED) is 0.503. The number of carbonyl (C=O) groups excluding carboxylic acids is 1. The van der Waals surface area contributed by atoms with Gasteiger partial charge in [0.1, 0.15) is 11.4 Å². The zero-order valence-corrected chi connectivity index (χ0v) is 4.59. The molecule has 0 aliphatic rings. The Morgan fingerprint density at radius 3 is 2.50 bits per heavy atom. The Balaban J connectivity index is 0.000000810. The monoisotopic (exact) mass is 142 g/mol. The molecule has 1 aromatic heterocycles. The van der Waals surface area contributed by atoms with E-state index in [0.29, 0.717) is 0 Å². The van der Waals surface area contributed by atoms with Crippen molar-refractivity contribution in [3.05, 3.63) is 11.8 Å². The van der Waals surface area contributed by atoms with Gasteiger partial charge in [-0.2, -0.15) is 5.10 Å². The van der Waals surface area contributed by atoms with Crippen molar-refractivity contribution in [3.8, 4) is 0 Å². The summed E-state index contributed by atoms with van der Waals surface area (Å²) >= 11 is 0. The van der Waals surface area contributed by atoms with Gasteiger partial charge in [-0.1, -0.05) is 7.43 Å². The minimum absolute atomic E-state index is 0. The number of hydrogen-bond acceptors (Lipinski definition) is 3. The maximum absolute atomic E-state index is 10.4. The molecule has 1 rings (SSSR count). The van der Waals surface area contributed by atoms with Crippen LogP contribution in [0.4, 0.5) is 5.82 Å². The van der Waals surface area contributed by atoms with Gasteiger partial charge in [-0.25, -0.2) is 0 Å². The maximum Gasteiger partial charge on any atom is 0.254 e. The van der Waals surface area contributed by atoms with Gasteiger partial charge >= 0.3 is 0 Å². The summed E-state index contributed by atoms with van der Waals surface area (Å²) < 4.78 is 0. The fourth-order valence-corrected chi connectivity index (χ4v) is 0.492. The van der Waals surface area contributed by atoms with Crippen LogP contribution in [0.3, 0.4) is 0 Å². The van der Waals surface area contributed by atoms with Gasteiger partial charge in [0.2, 0.25) is 0 Å². The predicted octanol–water partition coefficient (Wildman–Crippen LogP) is -0.273. The number of nitrogens with two attached hydrogens (primary N) is 2. The molecule has 0 aliphatic heterocycles. The fourth-order valence-electron chi connectivity index (χ4n) is 0.492. The van der Waals surface area contributed by atoms with Gasteiger partial charge < -0.3 is 11.5 Å². The second-order valence-electron chi connectivity index (χ2n) is 1.56. The second-order valence-corrected chi connectivity index (χ2v) is 1.56. The highest BCUT2D eigenvalue weighted by atomic mass is 16.1. The van der Waals surface area contributed by atoms with Crippen LogP contribution in [0.15, 0.2) is 6.20 Å². The smallest absolute Gasteiger partial charge is 0.254 e. The molecule has 0 aromatic carbocycles. The van der Waals surface area contributed by atoms with E-state index in [1.165, 1.54) is 6.20 Å². The highest BCUT2D eigenvalue weighted by molar-refractivity contribution is 5.96. The van der Waals surface area contributed by atoms with Gasteiger partial charge in [0.15, 0.2) is 0 Å². The fraction of sp³-hybridized carbons (Fsp3) is 0.200. The molecule has 0 saturated carbocycles. The zero-order valence-electron chi connectivity index (χ0n) is 4.59. The lowest BCUT2D eigenvalue weighted by atomic mass is 10.3. The third-order valence-corrected chi connectivity index (χ3v) is 0.934. The number of amides is 1. The molecule has 1 amide bonds. The Morgan fingerprint density at radius 1 is 1.70 bits per heavy atom. The van der Waals surface area contributed by atoms with Crippen molar-refractivity contribution in [1.29, 1.82) is 0 Å². The lowest BCUT2D eigenvalue weighted by molar-refractivity contribution is 0.100. The molecule has 0 bridgehead atoms. The van der Waals surface area contributed by atoms with E-state index in [1.807, 2.05) is 0 Å². The molecule has 1 aromatic rings. The van der Waals surface area contributed by atoms with Gasteiger partial charge in [-0.05, 0) is 0 Å². The van der Waals surface area contributed by atoms with Gasteiger partial charge in [0.05, 0.1) is 6.20 Å². The molecule has 56 valence electrons. The molecule has 1 heterocycles. The minimum atomic E-state index is -0.568. The summed E-state index contributed by atoms with van der Waals surface area (Å²) in [4.78, 5) is 10.4. The summed E-state index contributed by atoms with van der Waals surface area (Å²) in [6.07, 6.45) is 1.29. The van der Waals surface area contributed by atoms with Crippen molar-refractivity contribution in [1.82, 2.24) is 10.2 Å². The van der Waals surface area contributed by atoms with Crippen LogP contribution in [0.25, 0.3) is 0 Å². The third-order valence-electron chi connectivity index (χ3n) is 0.934. The molecule has 0 saturated heterocycles. The van der Waals surface area contributed by atoms with Crippen LogP contribution in [-0.4, -0.2) is 16.1 Å². The van der Waals surface area contributed by atoms with Crippen LogP contribution >= 0.6 is 0 Å². The third kappa shape index (κ3) is 1.25. The van der Waals surface area contributed by atoms with Crippen LogP contribution in [0.5, 0.6) is 0 Å². The van der Waals surface area contributed by atoms with Gasteiger partial charge in [-0.3, -0.25) is 9.89 Å². The van der Waals surface area contributed by atoms with Crippen molar-refractivity contribution < 1.29 is 4.79 Å². The first kappa shape index (κ1) is 8.48. The number of primary amides is 1. The Labute approximate surface area is 58.4 Å². The molecule has 0 spiro atoms. The SMILES string of the molecule is C.NC(=O)c1cn[nH]c1N. The number of aromatic nitrogens is 2. The molecule has 0 aliphatic carbocycles. The lowest BCUT2D eigenvalue weighted by Gasteiger charge is -1.86. The van der Waals surface area contributed by atoms with Gasteiger partial charge in [0.25, 0.3) is 5.91 Å². The highest BCUT2D eigenvalue weighted by Crippen LogP contribution is 2.02. The van der Waals surface area contributed by atoms with E-state index < -0.39 is 5.91 Å². The number of carbonyl (C=O) groups is 1. The molecular formula is C5H10N4O. The average Bonchev–Trinajstić information content (AvgIpc) is 2.13. The first-order valence-electron chi connectivity index (χ1n) is 2.30. The largest absolute Gasteiger partial charge is 0.383 e. The summed E-state index contributed by atoms with van der Waals surface area (Å²) in [5, 5.41) is 5.87. The minimum Gasteiger partial charge on any atom is -0.383 e. The Kier molecular flexibility index (Phi) is 2.43. The number of nitrogens with zero attached hydrogens (tertiary/aromatic N) is 1. The van der Waals surface area contributed by atoms with Crippen LogP contribution < -0.4 is 11.5 Å². The number of H-pyrrole nitrogens is 1. The molecule has 0 atom stereocenters. The van der Waals surface area contributed by atoms with E-state index in [2.05, 4.69) is 10.2 Å². The summed E-state index contributed by atoms with van der Waals surface area (Å²) in [5.41, 5.74) is 10.3. The molecule has 10 heavy (non-hydrogen) atoms. The van der Waals surface area contributed by atoms with Gasteiger partial charge in [-0.15, -0.1) is 0 Å². The topological polar surface area (TPSA) is 97.8 Å². The van der Waals surface area contributed by atoms with Crippen LogP contribution in [0.2, 0.25) is 0 Å². The van der Waals surface area contributed by atoms with E-state index in [0.717, 1.165) is 0 Å². The molecule has 0 unspecified atom stereocenters. The van der Waals surface area contributed by atoms with Crippen molar-refractivity contribution in [2.45, 2.75) is 7.43 Å². The molecule has 0 fully saturated rings. The summed E-state index contributed by atoms with van der Waals surface area (Å²) in [6.45, 7) is 0. The Hall–Kier alpha value is -1.52. The van der Waals surface area contributed by atoms with Crippen LogP contribution in [0.1, 0.15) is 17.8 Å². The number of hydrogen-bond donors (Lipinski definition) is 3. The number of anilines is 1. The molecule has 5 nitrogen and oxygen atoms in total. The maximum atomic E-state index is 10.4. The normalized spacial score (nSPS) is 8.40.